The standard InChI is InChI=1S/C18H26N2O/c1-4-5-11-20(17-9-7-6-8-10-17)14-18-12-16(13-19-3)15(2)21-18/h6-10,12,19H,4-5,11,13-14H2,1-3H3. The highest BCUT2D eigenvalue weighted by atomic mass is 16.3. The van der Waals surface area contributed by atoms with Crippen molar-refractivity contribution >= 4 is 5.69 Å². The van der Waals surface area contributed by atoms with E-state index in [9.17, 15) is 0 Å². The third-order valence-electron chi connectivity index (χ3n) is 3.69. The van der Waals surface area contributed by atoms with E-state index in [1.54, 1.807) is 0 Å². The lowest BCUT2D eigenvalue weighted by atomic mass is 10.2. The van der Waals surface area contributed by atoms with Gasteiger partial charge in [-0.15, -0.1) is 0 Å². The molecule has 3 heteroatoms. The third-order valence-corrected chi connectivity index (χ3v) is 3.69. The van der Waals surface area contributed by atoms with E-state index >= 15 is 0 Å². The van der Waals surface area contributed by atoms with Gasteiger partial charge in [-0.2, -0.15) is 0 Å². The fourth-order valence-corrected chi connectivity index (χ4v) is 2.51. The van der Waals surface area contributed by atoms with Crippen LogP contribution in [0, 0.1) is 6.92 Å². The first-order chi connectivity index (χ1) is 10.2. The molecule has 1 N–H and O–H groups in total. The minimum Gasteiger partial charge on any atom is -0.464 e. The summed E-state index contributed by atoms with van der Waals surface area (Å²) >= 11 is 0. The van der Waals surface area contributed by atoms with Gasteiger partial charge in [0.25, 0.3) is 0 Å². The lowest BCUT2D eigenvalue weighted by molar-refractivity contribution is 0.473. The van der Waals surface area contributed by atoms with E-state index in [1.165, 1.54) is 24.1 Å². The topological polar surface area (TPSA) is 28.4 Å². The summed E-state index contributed by atoms with van der Waals surface area (Å²) in [7, 11) is 1.96. The van der Waals surface area contributed by atoms with Gasteiger partial charge in [0.1, 0.15) is 11.5 Å². The molecule has 114 valence electrons. The van der Waals surface area contributed by atoms with Gasteiger partial charge in [-0.3, -0.25) is 0 Å². The maximum absolute atomic E-state index is 5.92. The number of nitrogens with one attached hydrogen (secondary N) is 1. The Morgan fingerprint density at radius 1 is 1.19 bits per heavy atom. The molecule has 2 aromatic rings. The second-order valence-corrected chi connectivity index (χ2v) is 5.44. The van der Waals surface area contributed by atoms with Crippen LogP contribution in [0.3, 0.4) is 0 Å². The van der Waals surface area contributed by atoms with Crippen molar-refractivity contribution in [1.82, 2.24) is 5.32 Å². The van der Waals surface area contributed by atoms with Gasteiger partial charge < -0.3 is 14.6 Å². The van der Waals surface area contributed by atoms with Crippen molar-refractivity contribution in [2.24, 2.45) is 0 Å². The highest BCUT2D eigenvalue weighted by Crippen LogP contribution is 2.21. The molecule has 0 saturated heterocycles. The quantitative estimate of drug-likeness (QED) is 0.791. The maximum Gasteiger partial charge on any atom is 0.123 e. The van der Waals surface area contributed by atoms with Crippen molar-refractivity contribution in [2.75, 3.05) is 18.5 Å². The van der Waals surface area contributed by atoms with E-state index < -0.39 is 0 Å². The number of furan rings is 1. The summed E-state index contributed by atoms with van der Waals surface area (Å²) in [6.45, 7) is 7.01. The normalized spacial score (nSPS) is 10.8. The Morgan fingerprint density at radius 2 is 1.95 bits per heavy atom. The van der Waals surface area contributed by atoms with Gasteiger partial charge in [0, 0.05) is 24.3 Å². The molecule has 1 aromatic heterocycles. The highest BCUT2D eigenvalue weighted by Gasteiger charge is 2.12. The number of rotatable bonds is 8. The average Bonchev–Trinajstić information content (AvgIpc) is 2.85. The zero-order valence-electron chi connectivity index (χ0n) is 13.4. The van der Waals surface area contributed by atoms with Crippen LogP contribution in [0.15, 0.2) is 40.8 Å². The molecule has 0 aliphatic heterocycles. The Hall–Kier alpha value is -1.74. The summed E-state index contributed by atoms with van der Waals surface area (Å²) < 4.78 is 5.92. The lowest BCUT2D eigenvalue weighted by Gasteiger charge is -2.23. The van der Waals surface area contributed by atoms with Crippen LogP contribution in [0.5, 0.6) is 0 Å². The Labute approximate surface area is 128 Å². The highest BCUT2D eigenvalue weighted by molar-refractivity contribution is 5.46. The zero-order chi connectivity index (χ0) is 15.1. The Morgan fingerprint density at radius 3 is 2.62 bits per heavy atom. The summed E-state index contributed by atoms with van der Waals surface area (Å²) in [5.74, 6) is 2.06. The molecule has 0 unspecified atom stereocenters. The van der Waals surface area contributed by atoms with E-state index in [0.29, 0.717) is 0 Å². The van der Waals surface area contributed by atoms with E-state index in [1.807, 2.05) is 14.0 Å². The van der Waals surface area contributed by atoms with Gasteiger partial charge in [0.05, 0.1) is 6.54 Å². The predicted octanol–water partition coefficient (Wildman–Crippen LogP) is 4.11. The van der Waals surface area contributed by atoms with Crippen molar-refractivity contribution in [2.45, 2.75) is 39.8 Å². The number of benzene rings is 1. The Kier molecular flexibility index (Phi) is 5.88. The first-order valence-corrected chi connectivity index (χ1v) is 7.77. The van der Waals surface area contributed by atoms with Crippen LogP contribution in [0.4, 0.5) is 5.69 Å². The predicted molar refractivity (Wildman–Crippen MR) is 88.6 cm³/mol. The number of aryl methyl sites for hydroxylation is 1. The van der Waals surface area contributed by atoms with Gasteiger partial charge >= 0.3 is 0 Å². The van der Waals surface area contributed by atoms with Crippen molar-refractivity contribution in [3.8, 4) is 0 Å². The number of unbranched alkanes of at least 4 members (excludes halogenated alkanes) is 1. The average molecular weight is 286 g/mol. The van der Waals surface area contributed by atoms with Crippen LogP contribution in [0.25, 0.3) is 0 Å². The monoisotopic (exact) mass is 286 g/mol. The molecule has 0 amide bonds. The summed E-state index contributed by atoms with van der Waals surface area (Å²) in [5.41, 5.74) is 2.51. The number of anilines is 1. The van der Waals surface area contributed by atoms with Gasteiger partial charge in [-0.25, -0.2) is 0 Å². The molecule has 0 aliphatic rings. The summed E-state index contributed by atoms with van der Waals surface area (Å²) in [6, 6.07) is 12.7. The van der Waals surface area contributed by atoms with Gasteiger partial charge in [-0.1, -0.05) is 31.5 Å². The number of hydrogen-bond donors (Lipinski definition) is 1. The molecule has 0 fully saturated rings. The number of para-hydroxylation sites is 1. The maximum atomic E-state index is 5.92. The van der Waals surface area contributed by atoms with Crippen LogP contribution < -0.4 is 10.2 Å². The van der Waals surface area contributed by atoms with Crippen LogP contribution >= 0.6 is 0 Å². The van der Waals surface area contributed by atoms with Crippen LogP contribution in [0.1, 0.15) is 36.8 Å². The fourth-order valence-electron chi connectivity index (χ4n) is 2.51. The third kappa shape index (κ3) is 4.36. The summed E-state index contributed by atoms with van der Waals surface area (Å²) in [6.07, 6.45) is 2.39. The van der Waals surface area contributed by atoms with E-state index in [4.69, 9.17) is 4.42 Å². The number of nitrogens with zero attached hydrogens (tertiary/aromatic N) is 1. The van der Waals surface area contributed by atoms with Crippen molar-refractivity contribution < 1.29 is 4.42 Å². The molecule has 0 spiro atoms. The second kappa shape index (κ2) is 7.89. The molecule has 0 saturated carbocycles. The molecule has 21 heavy (non-hydrogen) atoms. The van der Waals surface area contributed by atoms with Gasteiger partial charge in [0.2, 0.25) is 0 Å². The van der Waals surface area contributed by atoms with Crippen LogP contribution in [-0.4, -0.2) is 13.6 Å². The largest absolute Gasteiger partial charge is 0.464 e. The minimum atomic E-state index is 0.828. The molecular formula is C18H26N2O. The van der Waals surface area contributed by atoms with E-state index in [2.05, 4.69) is 53.5 Å². The second-order valence-electron chi connectivity index (χ2n) is 5.44. The first-order valence-electron chi connectivity index (χ1n) is 7.77. The number of hydrogen-bond acceptors (Lipinski definition) is 3. The molecule has 1 aromatic carbocycles. The molecule has 0 aliphatic carbocycles. The molecule has 1 heterocycles. The summed E-state index contributed by atoms with van der Waals surface area (Å²) in [4.78, 5) is 2.39. The minimum absolute atomic E-state index is 0.828. The van der Waals surface area contributed by atoms with Gasteiger partial charge in [-0.05, 0) is 38.6 Å². The Balaban J connectivity index is 2.13. The SMILES string of the molecule is CCCCN(Cc1cc(CNC)c(C)o1)c1ccccc1. The van der Waals surface area contributed by atoms with Crippen molar-refractivity contribution in [3.63, 3.8) is 0 Å². The zero-order valence-corrected chi connectivity index (χ0v) is 13.4. The molecule has 0 bridgehead atoms. The van der Waals surface area contributed by atoms with Crippen molar-refractivity contribution in [1.29, 1.82) is 0 Å². The molecule has 2 rings (SSSR count). The molecular weight excluding hydrogens is 260 g/mol. The van der Waals surface area contributed by atoms with Crippen LogP contribution in [-0.2, 0) is 13.1 Å². The molecule has 3 nitrogen and oxygen atoms in total. The van der Waals surface area contributed by atoms with Gasteiger partial charge in [0.15, 0.2) is 0 Å². The van der Waals surface area contributed by atoms with E-state index in [-0.39, 0.29) is 0 Å². The lowest BCUT2D eigenvalue weighted by Crippen LogP contribution is -2.23. The Bertz CT molecular complexity index is 533. The summed E-state index contributed by atoms with van der Waals surface area (Å²) in [5, 5.41) is 3.18. The smallest absolute Gasteiger partial charge is 0.123 e. The fraction of sp³-hybridized carbons (Fsp3) is 0.444. The van der Waals surface area contributed by atoms with E-state index in [0.717, 1.165) is 31.2 Å². The molecule has 0 radical (unpaired) electrons. The first kappa shape index (κ1) is 15.6. The molecule has 0 atom stereocenters. The van der Waals surface area contributed by atoms with Crippen molar-refractivity contribution in [3.05, 3.63) is 53.5 Å². The van der Waals surface area contributed by atoms with Crippen LogP contribution in [0.2, 0.25) is 0 Å².